The smallest absolute Gasteiger partial charge is 0.253 e. The molecule has 2 aromatic heterocycles. The maximum absolute atomic E-state index is 13.9. The molecular formula is C44H48N6O4. The number of nitrogens with zero attached hydrogens (tertiary/aromatic N) is 4. The first-order chi connectivity index (χ1) is 26.4. The molecule has 6 fully saturated rings. The molecule has 2 unspecified atom stereocenters. The Bertz CT molecular complexity index is 2160. The van der Waals surface area contributed by atoms with Crippen LogP contribution in [0, 0.1) is 11.8 Å². The normalized spacial score (nSPS) is 28.5. The summed E-state index contributed by atoms with van der Waals surface area (Å²) in [5, 5.41) is 9.39. The molecular weight excluding hydrogens is 677 g/mol. The number of rotatable bonds is 12. The number of methoxy groups -OCH3 is 2. The predicted molar refractivity (Wildman–Crippen MR) is 214 cm³/mol. The molecule has 0 aliphatic carbocycles. The van der Waals surface area contributed by atoms with Crippen molar-refractivity contribution >= 4 is 33.2 Å². The summed E-state index contributed by atoms with van der Waals surface area (Å²) in [6.07, 6.45) is 14.2. The van der Waals surface area contributed by atoms with Gasteiger partial charge in [-0.3, -0.25) is 29.4 Å². The highest BCUT2D eigenvalue weighted by molar-refractivity contribution is 5.87. The maximum Gasteiger partial charge on any atom is 0.253 e. The monoisotopic (exact) mass is 724 g/mol. The number of fused-ring (bicyclic) bond motifs is 8. The van der Waals surface area contributed by atoms with Crippen LogP contribution in [0.3, 0.4) is 0 Å². The Morgan fingerprint density at radius 1 is 0.685 bits per heavy atom. The molecule has 278 valence electrons. The SMILES string of the molecule is C=C[C@H]1C[C@@H]2CCN1[C@H]([C@@H](Nc1c(N[C@@H](c3ccnc4ccc(OC)cc34)[C@@H]3C[C@H]4CCN3[C@@H](C=C)C4)c(=O)c1=O)c1ccnc3ccc(OC)cc13)C2. The van der Waals surface area contributed by atoms with Crippen LogP contribution in [0.25, 0.3) is 21.8 Å². The van der Waals surface area contributed by atoms with Gasteiger partial charge in [-0.05, 0) is 123 Å². The predicted octanol–water partition coefficient (Wildman–Crippen LogP) is 6.78. The van der Waals surface area contributed by atoms with E-state index in [2.05, 4.69) is 55.7 Å². The highest BCUT2D eigenvalue weighted by Crippen LogP contribution is 2.46. The van der Waals surface area contributed by atoms with Gasteiger partial charge in [0.2, 0.25) is 0 Å². The van der Waals surface area contributed by atoms with Crippen LogP contribution in [-0.4, -0.2) is 71.2 Å². The standard InChI is InChI=1S/C44H48N6O4/c1-5-27-19-25-13-17-49(27)37(21-25)39(31-11-15-45-35-9-7-29(53-3)23-33(31)35)47-41-42(44(52)43(41)51)48-40(38-22-26-14-18-50(38)28(6-2)20-26)32-12-16-46-36-10-8-30(54-4)24-34(32)36/h5-12,15-16,23-28,37-40,47-48H,1-2,13-14,17-22H2,3-4H3/t25-,26-,27-,28-,37-,38-,39-,40-/m0/s1. The fourth-order valence-corrected chi connectivity index (χ4v) is 10.3. The van der Waals surface area contributed by atoms with Crippen molar-refractivity contribution in [1.29, 1.82) is 0 Å². The molecule has 11 rings (SSSR count). The average Bonchev–Trinajstić information content (AvgIpc) is 3.24. The third-order valence-electron chi connectivity index (χ3n) is 13.1. The van der Waals surface area contributed by atoms with E-state index in [-0.39, 0.29) is 36.3 Å². The van der Waals surface area contributed by atoms with Gasteiger partial charge in [0, 0.05) is 47.3 Å². The van der Waals surface area contributed by atoms with Gasteiger partial charge in [0.1, 0.15) is 22.9 Å². The summed E-state index contributed by atoms with van der Waals surface area (Å²) >= 11 is 0. The molecule has 0 saturated carbocycles. The lowest BCUT2D eigenvalue weighted by Crippen LogP contribution is -2.58. The summed E-state index contributed by atoms with van der Waals surface area (Å²) in [6, 6.07) is 15.9. The zero-order chi connectivity index (χ0) is 37.1. The van der Waals surface area contributed by atoms with Crippen molar-refractivity contribution in [1.82, 2.24) is 19.8 Å². The maximum atomic E-state index is 13.9. The van der Waals surface area contributed by atoms with Crippen LogP contribution in [0.2, 0.25) is 0 Å². The number of hydrogen-bond donors (Lipinski definition) is 2. The number of benzene rings is 2. The molecule has 10 nitrogen and oxygen atoms in total. The van der Waals surface area contributed by atoms with Crippen LogP contribution in [-0.2, 0) is 0 Å². The molecule has 2 N–H and O–H groups in total. The molecule has 4 bridgehead atoms. The van der Waals surface area contributed by atoms with Crippen molar-refractivity contribution in [2.24, 2.45) is 11.8 Å². The van der Waals surface area contributed by atoms with Crippen molar-refractivity contribution in [3.05, 3.63) is 118 Å². The van der Waals surface area contributed by atoms with E-state index in [9.17, 15) is 9.59 Å². The van der Waals surface area contributed by atoms with Crippen molar-refractivity contribution in [3.8, 4) is 11.5 Å². The Balaban J connectivity index is 1.16. The number of hydrogen-bond acceptors (Lipinski definition) is 10. The second-order valence-corrected chi connectivity index (χ2v) is 15.7. The zero-order valence-corrected chi connectivity index (χ0v) is 31.0. The summed E-state index contributed by atoms with van der Waals surface area (Å²) in [6.45, 7) is 10.3. The second-order valence-electron chi connectivity index (χ2n) is 15.7. The van der Waals surface area contributed by atoms with Crippen LogP contribution < -0.4 is 31.0 Å². The fraction of sp³-hybridized carbons (Fsp3) is 0.409. The number of aromatic nitrogens is 2. The van der Waals surface area contributed by atoms with Crippen molar-refractivity contribution in [2.45, 2.75) is 74.8 Å². The van der Waals surface area contributed by atoms with E-state index in [1.54, 1.807) is 14.2 Å². The number of pyridine rings is 2. The average molecular weight is 725 g/mol. The number of nitrogens with one attached hydrogen (secondary N) is 2. The van der Waals surface area contributed by atoms with Gasteiger partial charge in [0.15, 0.2) is 0 Å². The third kappa shape index (κ3) is 5.78. The van der Waals surface area contributed by atoms with Gasteiger partial charge in [-0.25, -0.2) is 0 Å². The lowest BCUT2D eigenvalue weighted by molar-refractivity contribution is 0.00783. The molecule has 5 aromatic rings. The first-order valence-electron chi connectivity index (χ1n) is 19.4. The highest BCUT2D eigenvalue weighted by atomic mass is 16.5. The largest absolute Gasteiger partial charge is 0.497 e. The second kappa shape index (κ2) is 14.0. The molecule has 3 aromatic carbocycles. The Labute approximate surface area is 315 Å². The Hall–Kier alpha value is -5.06. The summed E-state index contributed by atoms with van der Waals surface area (Å²) in [5.41, 5.74) is 3.42. The van der Waals surface area contributed by atoms with Gasteiger partial charge < -0.3 is 20.1 Å². The molecule has 6 aliphatic heterocycles. The van der Waals surface area contributed by atoms with Gasteiger partial charge in [-0.1, -0.05) is 12.2 Å². The molecule has 54 heavy (non-hydrogen) atoms. The summed E-state index contributed by atoms with van der Waals surface area (Å²) < 4.78 is 11.3. The molecule has 0 spiro atoms. The zero-order valence-electron chi connectivity index (χ0n) is 31.0. The minimum absolute atomic E-state index is 0.0653. The Morgan fingerprint density at radius 2 is 1.13 bits per heavy atom. The van der Waals surface area contributed by atoms with E-state index in [0.717, 1.165) is 96.0 Å². The quantitative estimate of drug-likeness (QED) is 0.106. The van der Waals surface area contributed by atoms with E-state index >= 15 is 0 Å². The highest BCUT2D eigenvalue weighted by Gasteiger charge is 2.46. The van der Waals surface area contributed by atoms with Gasteiger partial charge in [0.25, 0.3) is 10.9 Å². The molecule has 0 radical (unpaired) electrons. The van der Waals surface area contributed by atoms with Crippen LogP contribution in [0.15, 0.2) is 95.8 Å². The fourth-order valence-electron chi connectivity index (χ4n) is 10.3. The van der Waals surface area contributed by atoms with Crippen LogP contribution in [0.1, 0.15) is 61.7 Å². The molecule has 0 amide bonds. The van der Waals surface area contributed by atoms with E-state index < -0.39 is 10.9 Å². The summed E-state index contributed by atoms with van der Waals surface area (Å²) in [5.74, 6) is 2.57. The number of piperidine rings is 6. The lowest BCUT2D eigenvalue weighted by Gasteiger charge is -2.53. The minimum Gasteiger partial charge on any atom is -0.497 e. The van der Waals surface area contributed by atoms with E-state index in [0.29, 0.717) is 23.2 Å². The Kier molecular flexibility index (Phi) is 8.98. The lowest BCUT2D eigenvalue weighted by atomic mass is 9.75. The van der Waals surface area contributed by atoms with Crippen molar-refractivity contribution in [3.63, 3.8) is 0 Å². The van der Waals surface area contributed by atoms with Gasteiger partial charge in [-0.2, -0.15) is 0 Å². The molecule has 10 heteroatoms. The van der Waals surface area contributed by atoms with Crippen molar-refractivity contribution in [2.75, 3.05) is 37.9 Å². The topological polar surface area (TPSA) is 109 Å². The van der Waals surface area contributed by atoms with Crippen LogP contribution in [0.5, 0.6) is 11.5 Å². The van der Waals surface area contributed by atoms with E-state index in [1.807, 2.05) is 60.9 Å². The van der Waals surface area contributed by atoms with Gasteiger partial charge in [0.05, 0.1) is 37.3 Å². The first kappa shape index (κ1) is 34.7. The van der Waals surface area contributed by atoms with E-state index in [4.69, 9.17) is 9.47 Å². The van der Waals surface area contributed by atoms with Crippen LogP contribution >= 0.6 is 0 Å². The number of anilines is 2. The minimum atomic E-state index is -0.496. The molecule has 6 aliphatic rings. The molecule has 10 atom stereocenters. The summed E-state index contributed by atoms with van der Waals surface area (Å²) in [4.78, 5) is 42.2. The first-order valence-corrected chi connectivity index (χ1v) is 19.4. The summed E-state index contributed by atoms with van der Waals surface area (Å²) in [7, 11) is 3.33. The Morgan fingerprint density at radius 3 is 1.52 bits per heavy atom. The van der Waals surface area contributed by atoms with Crippen LogP contribution in [0.4, 0.5) is 11.4 Å². The number of ether oxygens (including phenoxy) is 2. The van der Waals surface area contributed by atoms with E-state index in [1.165, 1.54) is 0 Å². The van der Waals surface area contributed by atoms with Gasteiger partial charge >= 0.3 is 0 Å². The molecule has 8 heterocycles. The van der Waals surface area contributed by atoms with Gasteiger partial charge in [-0.15, -0.1) is 13.2 Å². The van der Waals surface area contributed by atoms with Crippen molar-refractivity contribution < 1.29 is 9.47 Å². The molecule has 6 saturated heterocycles. The third-order valence-corrected chi connectivity index (χ3v) is 13.1.